The van der Waals surface area contributed by atoms with Gasteiger partial charge in [0.25, 0.3) is 0 Å². The first-order valence-electron chi connectivity index (χ1n) is 11.5. The Morgan fingerprint density at radius 1 is 1.19 bits per heavy atom. The van der Waals surface area contributed by atoms with Crippen LogP contribution < -0.4 is 4.74 Å². The second kappa shape index (κ2) is 9.05. The van der Waals surface area contributed by atoms with Crippen LogP contribution in [0.15, 0.2) is 12.1 Å². The van der Waals surface area contributed by atoms with Gasteiger partial charge in [0.05, 0.1) is 11.5 Å². The smallest absolute Gasteiger partial charge is 0.173 e. The molecule has 0 aliphatic heterocycles. The fraction of sp³-hybridized carbons (Fsp3) is 0.577. The molecule has 168 valence electrons. The summed E-state index contributed by atoms with van der Waals surface area (Å²) in [5, 5.41) is 18.5. The van der Waals surface area contributed by atoms with E-state index in [1.54, 1.807) is 11.3 Å². The van der Waals surface area contributed by atoms with Gasteiger partial charge in [-0.05, 0) is 92.0 Å². The van der Waals surface area contributed by atoms with E-state index in [-0.39, 0.29) is 19.0 Å². The topological polar surface area (TPSA) is 66.8 Å². The van der Waals surface area contributed by atoms with Gasteiger partial charge in [-0.15, -0.1) is 11.3 Å². The minimum atomic E-state index is -0.879. The molecule has 0 bridgehead atoms. The molecule has 1 saturated carbocycles. The molecule has 0 amide bonds. The first kappa shape index (κ1) is 22.5. The number of aryl methyl sites for hydroxylation is 4. The molecule has 1 unspecified atom stereocenters. The van der Waals surface area contributed by atoms with Crippen LogP contribution in [0.3, 0.4) is 0 Å². The van der Waals surface area contributed by atoms with Crippen molar-refractivity contribution in [2.24, 2.45) is 5.41 Å². The predicted octanol–water partition coefficient (Wildman–Crippen LogP) is 4.74. The molecule has 2 aliphatic carbocycles. The molecule has 1 aromatic carbocycles. The number of ketones is 1. The summed E-state index contributed by atoms with van der Waals surface area (Å²) in [5.74, 6) is 1.03. The molecule has 1 aromatic heterocycles. The fourth-order valence-corrected chi connectivity index (χ4v) is 6.28. The summed E-state index contributed by atoms with van der Waals surface area (Å²) in [6.07, 6.45) is 7.67. The molecule has 1 spiro atoms. The summed E-state index contributed by atoms with van der Waals surface area (Å²) < 4.78 is 5.69. The normalized spacial score (nSPS) is 17.5. The van der Waals surface area contributed by atoms with E-state index in [0.717, 1.165) is 46.6 Å². The van der Waals surface area contributed by atoms with Crippen molar-refractivity contribution in [2.75, 3.05) is 13.2 Å². The van der Waals surface area contributed by atoms with Crippen LogP contribution in [0, 0.1) is 19.3 Å². The summed E-state index contributed by atoms with van der Waals surface area (Å²) in [6.45, 7) is 5.93. The molecule has 2 aromatic rings. The SMILES string of the molecule is CCc1sc(C(=O)CCc2cc(C)c(OCC(O)CO)c(C)c2)c2c1CC1(CC2)CC1. The number of benzene rings is 1. The van der Waals surface area contributed by atoms with Crippen LogP contribution in [0.25, 0.3) is 0 Å². The Balaban J connectivity index is 1.44. The fourth-order valence-electron chi connectivity index (χ4n) is 5.00. The van der Waals surface area contributed by atoms with E-state index in [9.17, 15) is 9.90 Å². The highest BCUT2D eigenvalue weighted by molar-refractivity contribution is 7.14. The predicted molar refractivity (Wildman–Crippen MR) is 125 cm³/mol. The van der Waals surface area contributed by atoms with Gasteiger partial charge < -0.3 is 14.9 Å². The van der Waals surface area contributed by atoms with Crippen molar-refractivity contribution in [3.8, 4) is 5.75 Å². The molecule has 31 heavy (non-hydrogen) atoms. The zero-order valence-electron chi connectivity index (χ0n) is 18.9. The maximum absolute atomic E-state index is 13.2. The van der Waals surface area contributed by atoms with Crippen LogP contribution in [-0.4, -0.2) is 35.3 Å². The first-order valence-corrected chi connectivity index (χ1v) is 12.4. The lowest BCUT2D eigenvalue weighted by atomic mass is 9.81. The monoisotopic (exact) mass is 442 g/mol. The number of Topliss-reactive ketones (excluding diaryl/α,β-unsaturated/α-hetero) is 1. The van der Waals surface area contributed by atoms with Crippen molar-refractivity contribution in [1.82, 2.24) is 0 Å². The first-order chi connectivity index (χ1) is 14.9. The Morgan fingerprint density at radius 3 is 2.52 bits per heavy atom. The molecular formula is C26H34O4S. The van der Waals surface area contributed by atoms with E-state index in [2.05, 4.69) is 19.1 Å². The molecule has 5 heteroatoms. The Morgan fingerprint density at radius 2 is 1.90 bits per heavy atom. The molecule has 1 atom stereocenters. The summed E-state index contributed by atoms with van der Waals surface area (Å²) in [7, 11) is 0. The number of rotatable bonds is 9. The van der Waals surface area contributed by atoms with Crippen molar-refractivity contribution in [3.63, 3.8) is 0 Å². The molecule has 1 heterocycles. The second-order valence-corrected chi connectivity index (χ2v) is 10.6. The van der Waals surface area contributed by atoms with Gasteiger partial charge >= 0.3 is 0 Å². The molecular weight excluding hydrogens is 408 g/mol. The van der Waals surface area contributed by atoms with Crippen LogP contribution in [0.2, 0.25) is 0 Å². The molecule has 0 radical (unpaired) electrons. The van der Waals surface area contributed by atoms with Gasteiger partial charge in [-0.1, -0.05) is 19.1 Å². The average Bonchev–Trinajstić information content (AvgIpc) is 3.40. The van der Waals surface area contributed by atoms with Gasteiger partial charge in [0, 0.05) is 11.3 Å². The number of hydrogen-bond donors (Lipinski definition) is 2. The summed E-state index contributed by atoms with van der Waals surface area (Å²) in [4.78, 5) is 15.6. The van der Waals surface area contributed by atoms with Gasteiger partial charge in [0.15, 0.2) is 5.78 Å². The Labute approximate surface area is 189 Å². The van der Waals surface area contributed by atoms with Crippen molar-refractivity contribution < 1.29 is 19.7 Å². The van der Waals surface area contributed by atoms with Gasteiger partial charge in [0.1, 0.15) is 18.5 Å². The Hall–Kier alpha value is -1.69. The van der Waals surface area contributed by atoms with Gasteiger partial charge in [-0.3, -0.25) is 4.79 Å². The number of carbonyl (C=O) groups excluding carboxylic acids is 1. The maximum atomic E-state index is 13.2. The average molecular weight is 443 g/mol. The lowest BCUT2D eigenvalue weighted by Crippen LogP contribution is -2.21. The highest BCUT2D eigenvalue weighted by Gasteiger charge is 2.46. The van der Waals surface area contributed by atoms with Crippen molar-refractivity contribution in [1.29, 1.82) is 0 Å². The number of aliphatic hydroxyl groups excluding tert-OH is 2. The standard InChI is InChI=1S/C26H34O4S/c1-4-23-21-13-26(9-10-26)8-7-20(21)25(31-23)22(29)6-5-18-11-16(2)24(17(3)12-18)30-15-19(28)14-27/h11-12,19,27-28H,4-10,13-15H2,1-3H3. The molecule has 1 fully saturated rings. The van der Waals surface area contributed by atoms with Gasteiger partial charge in [-0.2, -0.15) is 0 Å². The zero-order chi connectivity index (χ0) is 22.2. The van der Waals surface area contributed by atoms with Crippen LogP contribution >= 0.6 is 11.3 Å². The van der Waals surface area contributed by atoms with Crippen molar-refractivity contribution >= 4 is 17.1 Å². The molecule has 2 N–H and O–H groups in total. The van der Waals surface area contributed by atoms with Crippen LogP contribution in [0.1, 0.15) is 75.0 Å². The molecule has 0 saturated heterocycles. The number of aliphatic hydroxyl groups is 2. The zero-order valence-corrected chi connectivity index (χ0v) is 19.7. The van der Waals surface area contributed by atoms with E-state index in [0.29, 0.717) is 11.8 Å². The summed E-state index contributed by atoms with van der Waals surface area (Å²) in [6, 6.07) is 4.14. The van der Waals surface area contributed by atoms with Crippen molar-refractivity contribution in [2.45, 2.75) is 78.2 Å². The number of fused-ring (bicyclic) bond motifs is 1. The van der Waals surface area contributed by atoms with Crippen LogP contribution in [0.5, 0.6) is 5.75 Å². The number of thiophene rings is 1. The van der Waals surface area contributed by atoms with E-state index in [1.165, 1.54) is 41.7 Å². The molecule has 4 nitrogen and oxygen atoms in total. The third-order valence-corrected chi connectivity index (χ3v) is 8.44. The second-order valence-electron chi connectivity index (χ2n) is 9.47. The molecule has 2 aliphatic rings. The van der Waals surface area contributed by atoms with Gasteiger partial charge in [-0.25, -0.2) is 0 Å². The van der Waals surface area contributed by atoms with E-state index >= 15 is 0 Å². The third kappa shape index (κ3) is 4.74. The Bertz CT molecular complexity index is 947. The van der Waals surface area contributed by atoms with Crippen LogP contribution in [0.4, 0.5) is 0 Å². The largest absolute Gasteiger partial charge is 0.490 e. The molecule has 4 rings (SSSR count). The number of hydrogen-bond acceptors (Lipinski definition) is 5. The summed E-state index contributed by atoms with van der Waals surface area (Å²) in [5.41, 5.74) is 6.56. The lowest BCUT2D eigenvalue weighted by molar-refractivity contribution is 0.0531. The maximum Gasteiger partial charge on any atom is 0.173 e. The van der Waals surface area contributed by atoms with Gasteiger partial charge in [0.2, 0.25) is 0 Å². The van der Waals surface area contributed by atoms with E-state index in [1.807, 2.05) is 13.8 Å². The van der Waals surface area contributed by atoms with E-state index < -0.39 is 6.10 Å². The third-order valence-electron chi connectivity index (χ3n) is 6.98. The lowest BCUT2D eigenvalue weighted by Gasteiger charge is -2.23. The van der Waals surface area contributed by atoms with Crippen LogP contribution in [-0.2, 0) is 25.7 Å². The quantitative estimate of drug-likeness (QED) is 0.550. The minimum Gasteiger partial charge on any atom is -0.490 e. The number of ether oxygens (including phenoxy) is 1. The summed E-state index contributed by atoms with van der Waals surface area (Å²) >= 11 is 1.75. The highest BCUT2D eigenvalue weighted by Crippen LogP contribution is 2.56. The number of carbonyl (C=O) groups is 1. The van der Waals surface area contributed by atoms with E-state index in [4.69, 9.17) is 9.84 Å². The van der Waals surface area contributed by atoms with Crippen molar-refractivity contribution in [3.05, 3.63) is 49.7 Å². The minimum absolute atomic E-state index is 0.0700. The Kier molecular flexibility index (Phi) is 6.57. The highest BCUT2D eigenvalue weighted by atomic mass is 32.1.